The van der Waals surface area contributed by atoms with Crippen molar-refractivity contribution in [1.82, 2.24) is 9.96 Å². The molecule has 0 aromatic heterocycles. The zero-order chi connectivity index (χ0) is 14.4. The summed E-state index contributed by atoms with van der Waals surface area (Å²) in [4.78, 5) is 19.1. The minimum absolute atomic E-state index is 0.0151. The molecule has 0 spiro atoms. The summed E-state index contributed by atoms with van der Waals surface area (Å²) in [5.41, 5.74) is 2.10. The molecule has 2 bridgehead atoms. The Hall–Kier alpha value is -1.59. The lowest BCUT2D eigenvalue weighted by atomic mass is 9.98. The Labute approximate surface area is 114 Å². The number of amides is 2. The molecule has 106 valence electrons. The van der Waals surface area contributed by atoms with Crippen molar-refractivity contribution in [2.75, 3.05) is 33.9 Å². The number of carbonyl (C=O) groups is 1. The van der Waals surface area contributed by atoms with Gasteiger partial charge in [-0.1, -0.05) is 24.3 Å². The zero-order valence-corrected chi connectivity index (χ0v) is 11.9. The largest absolute Gasteiger partial charge is 0.388 e. The minimum atomic E-state index is -0.0700. The fourth-order valence-corrected chi connectivity index (χ4v) is 2.09. The number of ether oxygens (including phenoxy) is 1. The average Bonchev–Trinajstić information content (AvgIpc) is 2.61. The molecule has 2 aliphatic rings. The van der Waals surface area contributed by atoms with Gasteiger partial charge >= 0.3 is 6.03 Å². The molecule has 0 radical (unpaired) electrons. The van der Waals surface area contributed by atoms with Gasteiger partial charge in [-0.2, -0.15) is 5.06 Å². The van der Waals surface area contributed by atoms with Crippen molar-refractivity contribution in [2.24, 2.45) is 0 Å². The van der Waals surface area contributed by atoms with E-state index in [9.17, 15) is 4.79 Å². The van der Waals surface area contributed by atoms with Gasteiger partial charge in [0.2, 0.25) is 0 Å². The number of urea groups is 1. The van der Waals surface area contributed by atoms with E-state index >= 15 is 0 Å². The SMILES string of the molecule is C=CCON1C(=O)N2CC=C(C(=C)C)C1C2.COC. The van der Waals surface area contributed by atoms with E-state index in [2.05, 4.69) is 17.9 Å². The highest BCUT2D eigenvalue weighted by Gasteiger charge is 2.42. The molecule has 2 rings (SSSR count). The van der Waals surface area contributed by atoms with Gasteiger partial charge in [0.05, 0.1) is 13.2 Å². The van der Waals surface area contributed by atoms with Crippen LogP contribution in [0.1, 0.15) is 6.92 Å². The first-order valence-corrected chi connectivity index (χ1v) is 6.14. The van der Waals surface area contributed by atoms with Gasteiger partial charge in [-0.15, -0.1) is 6.58 Å². The Morgan fingerprint density at radius 3 is 2.74 bits per heavy atom. The molecular formula is C14H22N2O3. The lowest BCUT2D eigenvalue weighted by Crippen LogP contribution is -2.35. The lowest BCUT2D eigenvalue weighted by Gasteiger charge is -2.24. The Morgan fingerprint density at radius 1 is 1.58 bits per heavy atom. The second kappa shape index (κ2) is 7.11. The van der Waals surface area contributed by atoms with Crippen LogP contribution in [-0.4, -0.2) is 56.0 Å². The zero-order valence-electron chi connectivity index (χ0n) is 11.9. The quantitative estimate of drug-likeness (QED) is 0.731. The molecule has 19 heavy (non-hydrogen) atoms. The molecule has 2 aliphatic heterocycles. The minimum Gasteiger partial charge on any atom is -0.388 e. The van der Waals surface area contributed by atoms with Crippen LogP contribution in [0.25, 0.3) is 0 Å². The van der Waals surface area contributed by atoms with E-state index in [0.29, 0.717) is 19.7 Å². The first-order valence-electron chi connectivity index (χ1n) is 6.14. The van der Waals surface area contributed by atoms with Gasteiger partial charge in [0.1, 0.15) is 6.04 Å². The van der Waals surface area contributed by atoms with Gasteiger partial charge < -0.3 is 9.64 Å². The first kappa shape index (κ1) is 15.5. The number of rotatable bonds is 4. The summed E-state index contributed by atoms with van der Waals surface area (Å²) >= 11 is 0. The molecule has 1 atom stereocenters. The van der Waals surface area contributed by atoms with Crippen LogP contribution in [0.15, 0.2) is 36.5 Å². The van der Waals surface area contributed by atoms with Crippen LogP contribution < -0.4 is 0 Å². The van der Waals surface area contributed by atoms with E-state index in [1.54, 1.807) is 25.2 Å². The van der Waals surface area contributed by atoms with E-state index in [0.717, 1.165) is 11.1 Å². The predicted octanol–water partition coefficient (Wildman–Crippen LogP) is 1.99. The van der Waals surface area contributed by atoms with Crippen LogP contribution in [0, 0.1) is 0 Å². The Balaban J connectivity index is 0.000000550. The summed E-state index contributed by atoms with van der Waals surface area (Å²) < 4.78 is 4.25. The second-order valence-electron chi connectivity index (χ2n) is 4.46. The lowest BCUT2D eigenvalue weighted by molar-refractivity contribution is -0.109. The molecule has 0 saturated carbocycles. The summed E-state index contributed by atoms with van der Waals surface area (Å²) in [6, 6.07) is -0.0851. The molecule has 5 nitrogen and oxygen atoms in total. The molecular weight excluding hydrogens is 244 g/mol. The molecule has 2 heterocycles. The van der Waals surface area contributed by atoms with Crippen molar-refractivity contribution in [1.29, 1.82) is 0 Å². The van der Waals surface area contributed by atoms with Crippen LogP contribution in [0.3, 0.4) is 0 Å². The number of carbonyl (C=O) groups excluding carboxylic acids is 1. The number of hydroxylamine groups is 2. The van der Waals surface area contributed by atoms with Crippen molar-refractivity contribution < 1.29 is 14.4 Å². The third-order valence-corrected chi connectivity index (χ3v) is 2.85. The Morgan fingerprint density at radius 2 is 2.21 bits per heavy atom. The summed E-state index contributed by atoms with van der Waals surface area (Å²) in [5, 5.41) is 1.44. The second-order valence-corrected chi connectivity index (χ2v) is 4.46. The molecule has 1 fully saturated rings. The topological polar surface area (TPSA) is 42.0 Å². The summed E-state index contributed by atoms with van der Waals surface area (Å²) in [5.74, 6) is 0. The molecule has 1 unspecified atom stereocenters. The van der Waals surface area contributed by atoms with Gasteiger partial charge in [0.15, 0.2) is 0 Å². The van der Waals surface area contributed by atoms with E-state index in [4.69, 9.17) is 4.84 Å². The fraction of sp³-hybridized carbons (Fsp3) is 0.500. The third kappa shape index (κ3) is 3.45. The standard InChI is InChI=1S/C12H16N2O2.C2H6O/c1-4-7-16-14-11-8-13(12(14)15)6-5-10(11)9(2)3;1-3-2/h4-5,11H,1-2,6-8H2,3H3;1-2H3. The maximum atomic E-state index is 11.9. The van der Waals surface area contributed by atoms with Gasteiger partial charge in [-0.25, -0.2) is 4.79 Å². The van der Waals surface area contributed by atoms with Crippen molar-refractivity contribution in [3.05, 3.63) is 36.5 Å². The van der Waals surface area contributed by atoms with Gasteiger partial charge in [0, 0.05) is 20.8 Å². The van der Waals surface area contributed by atoms with Gasteiger partial charge in [-0.05, 0) is 12.5 Å². The van der Waals surface area contributed by atoms with E-state index in [1.165, 1.54) is 5.06 Å². The third-order valence-electron chi connectivity index (χ3n) is 2.85. The average molecular weight is 266 g/mol. The van der Waals surface area contributed by atoms with Crippen LogP contribution in [0.2, 0.25) is 0 Å². The van der Waals surface area contributed by atoms with E-state index in [1.807, 2.05) is 13.0 Å². The van der Waals surface area contributed by atoms with Crippen LogP contribution in [0.5, 0.6) is 0 Å². The monoisotopic (exact) mass is 266 g/mol. The molecule has 0 aromatic rings. The highest BCUT2D eigenvalue weighted by Crippen LogP contribution is 2.29. The van der Waals surface area contributed by atoms with Crippen molar-refractivity contribution in [2.45, 2.75) is 13.0 Å². The Kier molecular flexibility index (Phi) is 5.79. The summed E-state index contributed by atoms with van der Waals surface area (Å²) in [7, 11) is 3.25. The number of methoxy groups -OCH3 is 1. The highest BCUT2D eigenvalue weighted by molar-refractivity contribution is 5.78. The van der Waals surface area contributed by atoms with E-state index < -0.39 is 0 Å². The van der Waals surface area contributed by atoms with E-state index in [-0.39, 0.29) is 12.1 Å². The van der Waals surface area contributed by atoms with Crippen LogP contribution in [-0.2, 0) is 9.57 Å². The molecule has 0 aliphatic carbocycles. The molecule has 0 aromatic carbocycles. The molecule has 0 N–H and O–H groups in total. The predicted molar refractivity (Wildman–Crippen MR) is 74.6 cm³/mol. The van der Waals surface area contributed by atoms with Crippen molar-refractivity contribution >= 4 is 6.03 Å². The first-order chi connectivity index (χ1) is 9.06. The highest BCUT2D eigenvalue weighted by atomic mass is 16.7. The molecule has 2 amide bonds. The smallest absolute Gasteiger partial charge is 0.344 e. The number of hydrogen-bond acceptors (Lipinski definition) is 3. The number of hydrogen-bond donors (Lipinski definition) is 0. The summed E-state index contributed by atoms with van der Waals surface area (Å²) in [6.07, 6.45) is 3.68. The van der Waals surface area contributed by atoms with Crippen molar-refractivity contribution in [3.8, 4) is 0 Å². The Bertz CT molecular complexity index is 390. The molecule has 5 heteroatoms. The van der Waals surface area contributed by atoms with Gasteiger partial charge in [-0.3, -0.25) is 4.84 Å². The maximum Gasteiger partial charge on any atom is 0.344 e. The molecule has 1 saturated heterocycles. The van der Waals surface area contributed by atoms with Crippen LogP contribution in [0.4, 0.5) is 4.79 Å². The number of fused-ring (bicyclic) bond motifs is 2. The number of nitrogens with zero attached hydrogens (tertiary/aromatic N) is 2. The van der Waals surface area contributed by atoms with Crippen LogP contribution >= 0.6 is 0 Å². The normalized spacial score (nSPS) is 20.7. The van der Waals surface area contributed by atoms with Gasteiger partial charge in [0.25, 0.3) is 0 Å². The fourth-order valence-electron chi connectivity index (χ4n) is 2.09. The maximum absolute atomic E-state index is 11.9. The summed E-state index contributed by atoms with van der Waals surface area (Å²) in [6.45, 7) is 11.1. The van der Waals surface area contributed by atoms with Crippen molar-refractivity contribution in [3.63, 3.8) is 0 Å².